The number of carbonyl (C=O) groups is 1. The number of pyridine rings is 2. The minimum absolute atomic E-state index is 0.0755. The number of nitrogens with zero attached hydrogens (tertiary/aromatic N) is 3. The fourth-order valence-corrected chi connectivity index (χ4v) is 2.99. The van der Waals surface area contributed by atoms with Crippen LogP contribution in [0.15, 0.2) is 59.7 Å². The lowest BCUT2D eigenvalue weighted by molar-refractivity contribution is -0.192. The van der Waals surface area contributed by atoms with Crippen LogP contribution >= 0.6 is 0 Å². The molecule has 7 nitrogen and oxygen atoms in total. The van der Waals surface area contributed by atoms with Crippen molar-refractivity contribution in [2.75, 3.05) is 5.32 Å². The first-order valence-electron chi connectivity index (χ1n) is 9.44. The van der Waals surface area contributed by atoms with Crippen LogP contribution in [0.3, 0.4) is 0 Å². The quantitative estimate of drug-likeness (QED) is 0.494. The highest BCUT2D eigenvalue weighted by atomic mass is 19.4. The molecule has 1 aromatic carbocycles. The Hall–Kier alpha value is -3.95. The van der Waals surface area contributed by atoms with Crippen LogP contribution in [0, 0.1) is 13.8 Å². The number of halogens is 3. The lowest BCUT2D eigenvalue weighted by atomic mass is 10.0. The van der Waals surface area contributed by atoms with E-state index in [0.29, 0.717) is 17.9 Å². The molecule has 4 rings (SSSR count). The zero-order valence-electron chi connectivity index (χ0n) is 17.1. The first-order chi connectivity index (χ1) is 15.1. The Kier molecular flexibility index (Phi) is 6.42. The second-order valence-electron chi connectivity index (χ2n) is 6.93. The predicted octanol–water partition coefficient (Wildman–Crippen LogP) is 4.10. The molecule has 0 fully saturated rings. The number of carboxylic acids is 1. The highest BCUT2D eigenvalue weighted by Crippen LogP contribution is 2.26. The molecule has 4 aromatic rings. The Morgan fingerprint density at radius 3 is 2.56 bits per heavy atom. The molecule has 0 saturated heterocycles. The third-order valence-corrected chi connectivity index (χ3v) is 4.76. The smallest absolute Gasteiger partial charge is 0.475 e. The van der Waals surface area contributed by atoms with E-state index in [1.54, 1.807) is 18.5 Å². The van der Waals surface area contributed by atoms with Crippen molar-refractivity contribution in [1.29, 1.82) is 0 Å². The van der Waals surface area contributed by atoms with Crippen LogP contribution in [0.25, 0.3) is 16.6 Å². The standard InChI is InChI=1S/C20H18N4O.C2HF3O2/c1-13-6-7-16-17(8-9-21-20(16)14(13)2)22-12-15-11-19(25)24-10-4-3-5-18(24)23-15;3-2(4,5)1(6)7/h3-11H,12H2,1-2H3,(H,21,22);(H,6,7). The van der Waals surface area contributed by atoms with Crippen LogP contribution in [-0.2, 0) is 11.3 Å². The Bertz CT molecular complexity index is 1350. The van der Waals surface area contributed by atoms with Gasteiger partial charge in [0.05, 0.1) is 17.8 Å². The summed E-state index contributed by atoms with van der Waals surface area (Å²) in [5.41, 5.74) is 5.68. The molecule has 3 heterocycles. The van der Waals surface area contributed by atoms with E-state index in [9.17, 15) is 18.0 Å². The summed E-state index contributed by atoms with van der Waals surface area (Å²) in [6.45, 7) is 4.65. The van der Waals surface area contributed by atoms with Crippen LogP contribution in [0.1, 0.15) is 16.8 Å². The second kappa shape index (κ2) is 9.04. The summed E-state index contributed by atoms with van der Waals surface area (Å²) < 4.78 is 33.3. The summed E-state index contributed by atoms with van der Waals surface area (Å²) in [5, 5.41) is 11.6. The van der Waals surface area contributed by atoms with Gasteiger partial charge in [-0.15, -0.1) is 0 Å². The van der Waals surface area contributed by atoms with Crippen molar-refractivity contribution in [3.63, 3.8) is 0 Å². The van der Waals surface area contributed by atoms with Crippen molar-refractivity contribution in [2.45, 2.75) is 26.6 Å². The van der Waals surface area contributed by atoms with E-state index in [4.69, 9.17) is 9.90 Å². The molecule has 0 atom stereocenters. The van der Waals surface area contributed by atoms with Crippen LogP contribution in [0.5, 0.6) is 0 Å². The van der Waals surface area contributed by atoms with E-state index < -0.39 is 12.1 Å². The maximum atomic E-state index is 12.2. The fourth-order valence-electron chi connectivity index (χ4n) is 2.99. The van der Waals surface area contributed by atoms with Gasteiger partial charge in [-0.3, -0.25) is 14.2 Å². The Morgan fingerprint density at radius 1 is 1.16 bits per heavy atom. The van der Waals surface area contributed by atoms with Gasteiger partial charge in [-0.25, -0.2) is 9.78 Å². The Labute approximate surface area is 180 Å². The van der Waals surface area contributed by atoms with Gasteiger partial charge in [0.15, 0.2) is 0 Å². The van der Waals surface area contributed by atoms with Crippen LogP contribution < -0.4 is 10.9 Å². The van der Waals surface area contributed by atoms with Gasteiger partial charge in [-0.1, -0.05) is 18.2 Å². The molecule has 0 spiro atoms. The first-order valence-corrected chi connectivity index (χ1v) is 9.44. The number of carboxylic acid groups (broad SMARTS) is 1. The van der Waals surface area contributed by atoms with Crippen LogP contribution in [0.2, 0.25) is 0 Å². The van der Waals surface area contributed by atoms with Gasteiger partial charge >= 0.3 is 12.1 Å². The maximum absolute atomic E-state index is 12.2. The second-order valence-corrected chi connectivity index (χ2v) is 6.93. The van der Waals surface area contributed by atoms with Crippen molar-refractivity contribution in [1.82, 2.24) is 14.4 Å². The molecule has 2 N–H and O–H groups in total. The molecular weight excluding hydrogens is 425 g/mol. The Morgan fingerprint density at radius 2 is 1.88 bits per heavy atom. The van der Waals surface area contributed by atoms with Crippen molar-refractivity contribution in [2.24, 2.45) is 0 Å². The zero-order valence-corrected chi connectivity index (χ0v) is 17.1. The van der Waals surface area contributed by atoms with Crippen molar-refractivity contribution < 1.29 is 23.1 Å². The number of nitrogens with one attached hydrogen (secondary N) is 1. The number of fused-ring (bicyclic) bond motifs is 2. The number of hydrogen-bond donors (Lipinski definition) is 2. The van der Waals surface area contributed by atoms with E-state index >= 15 is 0 Å². The average Bonchev–Trinajstić information content (AvgIpc) is 2.75. The van der Waals surface area contributed by atoms with E-state index in [1.165, 1.54) is 15.5 Å². The molecule has 0 unspecified atom stereocenters. The number of aliphatic carboxylic acids is 1. The summed E-state index contributed by atoms with van der Waals surface area (Å²) in [7, 11) is 0. The lowest BCUT2D eigenvalue weighted by Gasteiger charge is -2.12. The average molecular weight is 444 g/mol. The largest absolute Gasteiger partial charge is 0.490 e. The van der Waals surface area contributed by atoms with Gasteiger partial charge in [0.25, 0.3) is 5.56 Å². The predicted molar refractivity (Wildman–Crippen MR) is 114 cm³/mol. The normalized spacial score (nSPS) is 11.2. The molecule has 3 aromatic heterocycles. The highest BCUT2D eigenvalue weighted by molar-refractivity contribution is 5.93. The summed E-state index contributed by atoms with van der Waals surface area (Å²) >= 11 is 0. The number of hydrogen-bond acceptors (Lipinski definition) is 5. The number of rotatable bonds is 3. The molecule has 0 amide bonds. The summed E-state index contributed by atoms with van der Waals surface area (Å²) in [4.78, 5) is 30.1. The maximum Gasteiger partial charge on any atom is 0.490 e. The lowest BCUT2D eigenvalue weighted by Crippen LogP contribution is -2.21. The molecule has 0 saturated carbocycles. The van der Waals surface area contributed by atoms with Crippen LogP contribution in [0.4, 0.5) is 18.9 Å². The van der Waals surface area contributed by atoms with Gasteiger partial charge in [0.1, 0.15) is 5.65 Å². The molecule has 0 aliphatic carbocycles. The SMILES string of the molecule is Cc1ccc2c(NCc3cc(=O)n4ccccc4n3)ccnc2c1C.O=C(O)C(F)(F)F. The number of benzene rings is 1. The topological polar surface area (TPSA) is 96.6 Å². The molecule has 0 aliphatic heterocycles. The summed E-state index contributed by atoms with van der Waals surface area (Å²) in [6.07, 6.45) is -1.55. The number of aromatic nitrogens is 3. The van der Waals surface area contributed by atoms with Crippen LogP contribution in [-0.4, -0.2) is 31.6 Å². The fraction of sp³-hybridized carbons (Fsp3) is 0.182. The minimum atomic E-state index is -5.08. The van der Waals surface area contributed by atoms with Gasteiger partial charge in [0, 0.05) is 29.5 Å². The van der Waals surface area contributed by atoms with Gasteiger partial charge in [-0.05, 0) is 43.2 Å². The van der Waals surface area contributed by atoms with E-state index in [-0.39, 0.29) is 5.56 Å². The third kappa shape index (κ3) is 5.02. The molecule has 32 heavy (non-hydrogen) atoms. The van der Waals surface area contributed by atoms with Gasteiger partial charge in [-0.2, -0.15) is 13.2 Å². The highest BCUT2D eigenvalue weighted by Gasteiger charge is 2.38. The van der Waals surface area contributed by atoms with E-state index in [2.05, 4.69) is 41.3 Å². The summed E-state index contributed by atoms with van der Waals surface area (Å²) in [5.74, 6) is -2.76. The molecule has 0 aliphatic rings. The van der Waals surface area contributed by atoms with Crippen molar-refractivity contribution in [3.05, 3.63) is 82.0 Å². The molecule has 0 radical (unpaired) electrons. The molecular formula is C22H19F3N4O3. The monoisotopic (exact) mass is 444 g/mol. The molecule has 166 valence electrons. The number of alkyl halides is 3. The molecule has 0 bridgehead atoms. The van der Waals surface area contributed by atoms with Gasteiger partial charge in [0.2, 0.25) is 0 Å². The third-order valence-electron chi connectivity index (χ3n) is 4.76. The summed E-state index contributed by atoms with van der Waals surface area (Å²) in [6, 6.07) is 13.2. The number of aryl methyl sites for hydroxylation is 2. The number of anilines is 1. The zero-order chi connectivity index (χ0) is 23.5. The molecule has 10 heteroatoms. The van der Waals surface area contributed by atoms with Gasteiger partial charge < -0.3 is 10.4 Å². The van der Waals surface area contributed by atoms with E-state index in [0.717, 1.165) is 16.6 Å². The van der Waals surface area contributed by atoms with E-state index in [1.807, 2.05) is 24.3 Å². The van der Waals surface area contributed by atoms with Crippen molar-refractivity contribution in [3.8, 4) is 0 Å². The Balaban J connectivity index is 0.000000360. The minimum Gasteiger partial charge on any atom is -0.475 e. The van der Waals surface area contributed by atoms with Crippen molar-refractivity contribution >= 4 is 28.2 Å². The first kappa shape index (κ1) is 22.7.